The summed E-state index contributed by atoms with van der Waals surface area (Å²) in [6.07, 6.45) is 0.761. The minimum Gasteiger partial charge on any atom is -0.339 e. The number of alkyl halides is 1. The monoisotopic (exact) mass is 396 g/mol. The van der Waals surface area contributed by atoms with Gasteiger partial charge in [-0.25, -0.2) is 18.7 Å². The van der Waals surface area contributed by atoms with E-state index in [1.54, 1.807) is 23.7 Å². The number of hydrogen-bond acceptors (Lipinski definition) is 4. The zero-order chi connectivity index (χ0) is 19.3. The van der Waals surface area contributed by atoms with Gasteiger partial charge in [0.25, 0.3) is 5.91 Å². The largest absolute Gasteiger partial charge is 0.339 e. The first-order chi connectivity index (χ1) is 13.6. The van der Waals surface area contributed by atoms with Crippen molar-refractivity contribution >= 4 is 28.3 Å². The Bertz CT molecular complexity index is 1180. The van der Waals surface area contributed by atoms with Crippen molar-refractivity contribution in [2.75, 3.05) is 13.1 Å². The van der Waals surface area contributed by atoms with Gasteiger partial charge in [-0.1, -0.05) is 0 Å². The maximum absolute atomic E-state index is 13.1. The fourth-order valence-electron chi connectivity index (χ4n) is 3.17. The van der Waals surface area contributed by atoms with E-state index in [1.807, 2.05) is 12.1 Å². The van der Waals surface area contributed by atoms with Crippen LogP contribution in [-0.2, 0) is 0 Å². The molecule has 1 aromatic carbocycles. The summed E-state index contributed by atoms with van der Waals surface area (Å²) in [7, 11) is 0. The van der Waals surface area contributed by atoms with E-state index in [1.165, 1.54) is 28.4 Å². The number of H-pyrrole nitrogens is 1. The molecule has 1 saturated heterocycles. The number of hydrogen-bond donors (Lipinski definition) is 1. The zero-order valence-electron chi connectivity index (χ0n) is 14.5. The number of nitrogens with zero attached hydrogens (tertiary/aromatic N) is 3. The summed E-state index contributed by atoms with van der Waals surface area (Å²) in [6.45, 7) is 0.271. The summed E-state index contributed by atoms with van der Waals surface area (Å²) >= 11 is 1.24. The molecule has 0 bridgehead atoms. The molecular formula is C20H14F2N4OS. The minimum absolute atomic E-state index is 0.136. The van der Waals surface area contributed by atoms with E-state index in [-0.39, 0.29) is 24.8 Å². The van der Waals surface area contributed by atoms with Crippen LogP contribution in [0.2, 0.25) is 0 Å². The average Bonchev–Trinajstić information content (AvgIpc) is 3.32. The number of halogens is 2. The highest BCUT2D eigenvalue weighted by Crippen LogP contribution is 2.28. The fourth-order valence-corrected chi connectivity index (χ4v) is 3.96. The molecule has 4 aromatic rings. The van der Waals surface area contributed by atoms with Crippen LogP contribution < -0.4 is 0 Å². The van der Waals surface area contributed by atoms with E-state index in [9.17, 15) is 13.6 Å². The van der Waals surface area contributed by atoms with Gasteiger partial charge >= 0.3 is 0 Å². The molecule has 3 aromatic heterocycles. The molecule has 0 unspecified atom stereocenters. The van der Waals surface area contributed by atoms with Gasteiger partial charge in [0.05, 0.1) is 18.8 Å². The lowest BCUT2D eigenvalue weighted by molar-refractivity contribution is 0.0400. The SMILES string of the molecule is O=C(c1nc(-c2cnc3[nH]c(-c4ccc(F)cc4)cc3c2)cs1)N1CC(F)C1. The molecule has 5 rings (SSSR count). The number of rotatable bonds is 3. The quantitative estimate of drug-likeness (QED) is 0.562. The topological polar surface area (TPSA) is 61.9 Å². The molecule has 1 N–H and O–H groups in total. The van der Waals surface area contributed by atoms with Gasteiger partial charge in [0.1, 0.15) is 17.6 Å². The van der Waals surface area contributed by atoms with Crippen LogP contribution >= 0.6 is 11.3 Å². The van der Waals surface area contributed by atoms with E-state index in [4.69, 9.17) is 0 Å². The number of aromatic amines is 1. The Balaban J connectivity index is 1.44. The molecule has 8 heteroatoms. The number of benzene rings is 1. The van der Waals surface area contributed by atoms with Crippen LogP contribution in [0.4, 0.5) is 8.78 Å². The molecule has 0 radical (unpaired) electrons. The third-order valence-corrected chi connectivity index (χ3v) is 5.56. The van der Waals surface area contributed by atoms with Gasteiger partial charge in [-0.3, -0.25) is 4.79 Å². The van der Waals surface area contributed by atoms with E-state index >= 15 is 0 Å². The Hall–Kier alpha value is -3.13. The van der Waals surface area contributed by atoms with Gasteiger partial charge in [0.15, 0.2) is 5.01 Å². The van der Waals surface area contributed by atoms with Crippen molar-refractivity contribution in [3.05, 3.63) is 58.8 Å². The van der Waals surface area contributed by atoms with Crippen molar-refractivity contribution in [1.82, 2.24) is 19.9 Å². The summed E-state index contributed by atoms with van der Waals surface area (Å²) in [5, 5.41) is 3.04. The maximum atomic E-state index is 13.1. The lowest BCUT2D eigenvalue weighted by Gasteiger charge is -2.33. The molecule has 0 atom stereocenters. The number of carbonyl (C=O) groups is 1. The van der Waals surface area contributed by atoms with Gasteiger partial charge < -0.3 is 9.88 Å². The lowest BCUT2D eigenvalue weighted by atomic mass is 10.1. The zero-order valence-corrected chi connectivity index (χ0v) is 15.3. The first kappa shape index (κ1) is 17.0. The predicted octanol–water partition coefficient (Wildman–Crippen LogP) is 4.29. The summed E-state index contributed by atoms with van der Waals surface area (Å²) in [5.74, 6) is -0.520. The molecule has 5 nitrogen and oxygen atoms in total. The molecule has 0 saturated carbocycles. The molecule has 28 heavy (non-hydrogen) atoms. The average molecular weight is 396 g/mol. The van der Waals surface area contributed by atoms with Crippen LogP contribution in [0.1, 0.15) is 9.80 Å². The molecule has 1 aliphatic rings. The molecule has 1 aliphatic heterocycles. The van der Waals surface area contributed by atoms with E-state index in [2.05, 4.69) is 15.0 Å². The normalized spacial score (nSPS) is 14.4. The summed E-state index contributed by atoms with van der Waals surface area (Å²) in [6, 6.07) is 10.1. The highest BCUT2D eigenvalue weighted by Gasteiger charge is 2.32. The molecule has 4 heterocycles. The number of pyridine rings is 1. The Morgan fingerprint density at radius 2 is 1.96 bits per heavy atom. The summed E-state index contributed by atoms with van der Waals surface area (Å²) in [4.78, 5) is 25.8. The fraction of sp³-hybridized carbons (Fsp3) is 0.150. The van der Waals surface area contributed by atoms with Crippen LogP contribution in [0.15, 0.2) is 48.0 Å². The second-order valence-electron chi connectivity index (χ2n) is 6.70. The summed E-state index contributed by atoms with van der Waals surface area (Å²) in [5.41, 5.74) is 3.86. The van der Waals surface area contributed by atoms with Crippen molar-refractivity contribution in [3.8, 4) is 22.5 Å². The van der Waals surface area contributed by atoms with Crippen LogP contribution in [0, 0.1) is 5.82 Å². The molecular weight excluding hydrogens is 382 g/mol. The smallest absolute Gasteiger partial charge is 0.283 e. The number of aromatic nitrogens is 3. The van der Waals surface area contributed by atoms with Crippen LogP contribution in [0.5, 0.6) is 0 Å². The van der Waals surface area contributed by atoms with Gasteiger partial charge in [0, 0.05) is 28.2 Å². The Labute approximate surface area is 162 Å². The first-order valence-corrected chi connectivity index (χ1v) is 9.59. The number of nitrogens with one attached hydrogen (secondary N) is 1. The van der Waals surface area contributed by atoms with Crippen molar-refractivity contribution in [2.45, 2.75) is 6.17 Å². The third-order valence-electron chi connectivity index (χ3n) is 4.73. The number of thiazole rings is 1. The highest BCUT2D eigenvalue weighted by molar-refractivity contribution is 7.12. The molecule has 0 spiro atoms. The standard InChI is InChI=1S/C20H14F2N4OS/c21-14-3-1-11(2-4-14)16-6-12-5-13(7-23-18(12)24-16)17-10-28-19(25-17)20(27)26-8-15(22)9-26/h1-7,10,15H,8-9H2,(H,23,24). The predicted molar refractivity (Wildman–Crippen MR) is 103 cm³/mol. The third kappa shape index (κ3) is 2.95. The van der Waals surface area contributed by atoms with Gasteiger partial charge in [-0.15, -0.1) is 11.3 Å². The van der Waals surface area contributed by atoms with Crippen molar-refractivity contribution in [3.63, 3.8) is 0 Å². The minimum atomic E-state index is -0.932. The lowest BCUT2D eigenvalue weighted by Crippen LogP contribution is -2.51. The van der Waals surface area contributed by atoms with Gasteiger partial charge in [-0.2, -0.15) is 0 Å². The van der Waals surface area contributed by atoms with Gasteiger partial charge in [0.2, 0.25) is 0 Å². The van der Waals surface area contributed by atoms with Crippen LogP contribution in [-0.4, -0.2) is 45.0 Å². The van der Waals surface area contributed by atoms with Crippen molar-refractivity contribution in [2.24, 2.45) is 0 Å². The number of amides is 1. The molecule has 0 aliphatic carbocycles. The number of fused-ring (bicyclic) bond motifs is 1. The van der Waals surface area contributed by atoms with Crippen molar-refractivity contribution < 1.29 is 13.6 Å². The Kier molecular flexibility index (Phi) is 3.94. The van der Waals surface area contributed by atoms with Gasteiger partial charge in [-0.05, 0) is 42.0 Å². The summed E-state index contributed by atoms with van der Waals surface area (Å²) < 4.78 is 26.1. The number of likely N-dealkylation sites (tertiary alicyclic amines) is 1. The first-order valence-electron chi connectivity index (χ1n) is 8.71. The highest BCUT2D eigenvalue weighted by atomic mass is 32.1. The maximum Gasteiger partial charge on any atom is 0.283 e. The number of carbonyl (C=O) groups excluding carboxylic acids is 1. The molecule has 1 amide bonds. The van der Waals surface area contributed by atoms with E-state index in [0.29, 0.717) is 16.3 Å². The van der Waals surface area contributed by atoms with E-state index < -0.39 is 6.17 Å². The van der Waals surface area contributed by atoms with Crippen LogP contribution in [0.3, 0.4) is 0 Å². The Morgan fingerprint density at radius 1 is 1.18 bits per heavy atom. The molecule has 1 fully saturated rings. The second-order valence-corrected chi connectivity index (χ2v) is 7.56. The van der Waals surface area contributed by atoms with E-state index in [0.717, 1.165) is 22.2 Å². The van der Waals surface area contributed by atoms with Crippen molar-refractivity contribution in [1.29, 1.82) is 0 Å². The molecule has 140 valence electrons. The second kappa shape index (κ2) is 6.49. The van der Waals surface area contributed by atoms with Crippen LogP contribution in [0.25, 0.3) is 33.5 Å². The Morgan fingerprint density at radius 3 is 2.71 bits per heavy atom.